The minimum atomic E-state index is -0.0734. The molecule has 1 amide bonds. The summed E-state index contributed by atoms with van der Waals surface area (Å²) < 4.78 is 5.50. The maximum Gasteiger partial charge on any atom is 0.262 e. The standard InChI is InChI=1S/C21H33N3O2/c1-2-3-5-10-23-12-14-24(15-13-23)11-6-4-7-18-8-9-19-20(16-18)26-17-21(25)22-19/h8-9,16H,2-7,10-15,17H2,1H3,(H,22,25). The monoisotopic (exact) mass is 359 g/mol. The number of rotatable bonds is 9. The van der Waals surface area contributed by atoms with Crippen molar-refractivity contribution in [3.63, 3.8) is 0 Å². The van der Waals surface area contributed by atoms with E-state index in [1.807, 2.05) is 6.07 Å². The van der Waals surface area contributed by atoms with Crippen LogP contribution in [0.3, 0.4) is 0 Å². The normalized spacial score (nSPS) is 18.3. The minimum Gasteiger partial charge on any atom is -0.482 e. The third-order valence-corrected chi connectivity index (χ3v) is 5.41. The lowest BCUT2D eigenvalue weighted by molar-refractivity contribution is -0.118. The number of benzene rings is 1. The highest BCUT2D eigenvalue weighted by atomic mass is 16.5. The number of hydrogen-bond donors (Lipinski definition) is 1. The molecule has 1 N–H and O–H groups in total. The zero-order valence-electron chi connectivity index (χ0n) is 16.1. The molecule has 2 heterocycles. The van der Waals surface area contributed by atoms with Crippen molar-refractivity contribution in [2.24, 2.45) is 0 Å². The Hall–Kier alpha value is -1.59. The predicted molar refractivity (Wildman–Crippen MR) is 106 cm³/mol. The maximum atomic E-state index is 11.3. The number of fused-ring (bicyclic) bond motifs is 1. The molecular weight excluding hydrogens is 326 g/mol. The van der Waals surface area contributed by atoms with Gasteiger partial charge in [-0.2, -0.15) is 0 Å². The number of carbonyl (C=O) groups is 1. The van der Waals surface area contributed by atoms with Gasteiger partial charge in [0.05, 0.1) is 5.69 Å². The minimum absolute atomic E-state index is 0.0734. The highest BCUT2D eigenvalue weighted by Crippen LogP contribution is 2.29. The smallest absolute Gasteiger partial charge is 0.262 e. The third-order valence-electron chi connectivity index (χ3n) is 5.41. The van der Waals surface area contributed by atoms with Gasteiger partial charge in [-0.05, 0) is 56.5 Å². The Balaban J connectivity index is 1.31. The van der Waals surface area contributed by atoms with Crippen molar-refractivity contribution in [2.45, 2.75) is 45.4 Å². The summed E-state index contributed by atoms with van der Waals surface area (Å²) in [6.07, 6.45) is 7.53. The summed E-state index contributed by atoms with van der Waals surface area (Å²) in [7, 11) is 0. The number of unbranched alkanes of at least 4 members (excludes halogenated alkanes) is 3. The van der Waals surface area contributed by atoms with Crippen molar-refractivity contribution in [3.8, 4) is 5.75 Å². The van der Waals surface area contributed by atoms with E-state index in [1.54, 1.807) is 0 Å². The van der Waals surface area contributed by atoms with Gasteiger partial charge in [0.2, 0.25) is 0 Å². The van der Waals surface area contributed by atoms with Gasteiger partial charge in [-0.3, -0.25) is 4.79 Å². The van der Waals surface area contributed by atoms with Crippen molar-refractivity contribution in [3.05, 3.63) is 23.8 Å². The first kappa shape index (κ1) is 19.2. The number of ether oxygens (including phenoxy) is 1. The Morgan fingerprint density at radius 3 is 2.38 bits per heavy atom. The number of nitrogens with one attached hydrogen (secondary N) is 1. The van der Waals surface area contributed by atoms with Crippen molar-refractivity contribution in [2.75, 3.05) is 51.2 Å². The summed E-state index contributed by atoms with van der Waals surface area (Å²) in [6, 6.07) is 6.13. The zero-order valence-corrected chi connectivity index (χ0v) is 16.1. The summed E-state index contributed by atoms with van der Waals surface area (Å²) in [4.78, 5) is 16.6. The van der Waals surface area contributed by atoms with Crippen LogP contribution in [-0.2, 0) is 11.2 Å². The van der Waals surface area contributed by atoms with E-state index in [1.165, 1.54) is 76.9 Å². The topological polar surface area (TPSA) is 44.8 Å². The molecule has 0 unspecified atom stereocenters. The van der Waals surface area contributed by atoms with Crippen LogP contribution in [0, 0.1) is 0 Å². The highest BCUT2D eigenvalue weighted by Gasteiger charge is 2.17. The number of carbonyl (C=O) groups excluding carboxylic acids is 1. The average Bonchev–Trinajstić information content (AvgIpc) is 2.66. The molecule has 2 aliphatic rings. The summed E-state index contributed by atoms with van der Waals surface area (Å²) >= 11 is 0. The first-order valence-electron chi connectivity index (χ1n) is 10.2. The van der Waals surface area contributed by atoms with Gasteiger partial charge >= 0.3 is 0 Å². The molecule has 0 saturated carbocycles. The lowest BCUT2D eigenvalue weighted by atomic mass is 10.1. The van der Waals surface area contributed by atoms with Crippen LogP contribution >= 0.6 is 0 Å². The van der Waals surface area contributed by atoms with Crippen molar-refractivity contribution in [1.82, 2.24) is 9.80 Å². The van der Waals surface area contributed by atoms with Crippen molar-refractivity contribution in [1.29, 1.82) is 0 Å². The maximum absolute atomic E-state index is 11.3. The van der Waals surface area contributed by atoms with Crippen LogP contribution in [0.4, 0.5) is 5.69 Å². The highest BCUT2D eigenvalue weighted by molar-refractivity contribution is 5.95. The lowest BCUT2D eigenvalue weighted by Crippen LogP contribution is -2.46. The number of piperazine rings is 1. The first-order valence-corrected chi connectivity index (χ1v) is 10.2. The molecular formula is C21H33N3O2. The molecule has 3 rings (SSSR count). The Morgan fingerprint density at radius 2 is 1.69 bits per heavy atom. The summed E-state index contributed by atoms with van der Waals surface area (Å²) in [5.74, 6) is 0.733. The van der Waals surface area contributed by atoms with Gasteiger partial charge in [0.25, 0.3) is 5.91 Å². The molecule has 0 spiro atoms. The van der Waals surface area contributed by atoms with E-state index in [9.17, 15) is 4.79 Å². The van der Waals surface area contributed by atoms with Crippen LogP contribution in [0.2, 0.25) is 0 Å². The summed E-state index contributed by atoms with van der Waals surface area (Å²) in [5.41, 5.74) is 2.09. The Labute approximate surface area is 157 Å². The van der Waals surface area contributed by atoms with Crippen LogP contribution in [0.5, 0.6) is 5.75 Å². The van der Waals surface area contributed by atoms with Crippen molar-refractivity contribution < 1.29 is 9.53 Å². The number of amides is 1. The van der Waals surface area contributed by atoms with Crippen molar-refractivity contribution >= 4 is 11.6 Å². The van der Waals surface area contributed by atoms with Gasteiger partial charge in [0.1, 0.15) is 5.75 Å². The van der Waals surface area contributed by atoms with E-state index in [-0.39, 0.29) is 12.5 Å². The van der Waals surface area contributed by atoms with Gasteiger partial charge in [-0.25, -0.2) is 0 Å². The van der Waals surface area contributed by atoms with E-state index in [4.69, 9.17) is 4.74 Å². The van der Waals surface area contributed by atoms with E-state index in [0.29, 0.717) is 0 Å². The number of aryl methyl sites for hydroxylation is 1. The van der Waals surface area contributed by atoms with E-state index >= 15 is 0 Å². The molecule has 5 heteroatoms. The lowest BCUT2D eigenvalue weighted by Gasteiger charge is -2.34. The fourth-order valence-corrected chi connectivity index (χ4v) is 3.76. The van der Waals surface area contributed by atoms with E-state index < -0.39 is 0 Å². The van der Waals surface area contributed by atoms with Crippen LogP contribution in [-0.4, -0.2) is 61.6 Å². The van der Waals surface area contributed by atoms with E-state index in [0.717, 1.165) is 17.9 Å². The quantitative estimate of drug-likeness (QED) is 0.688. The summed E-state index contributed by atoms with van der Waals surface area (Å²) in [6.45, 7) is 9.79. The molecule has 144 valence electrons. The number of hydrogen-bond acceptors (Lipinski definition) is 4. The first-order chi connectivity index (χ1) is 12.7. The van der Waals surface area contributed by atoms with Gasteiger partial charge in [0, 0.05) is 26.2 Å². The van der Waals surface area contributed by atoms with Crippen LogP contribution in [0.15, 0.2) is 18.2 Å². The molecule has 1 aromatic carbocycles. The molecule has 0 bridgehead atoms. The van der Waals surface area contributed by atoms with Crippen LogP contribution in [0.25, 0.3) is 0 Å². The Kier molecular flexibility index (Phi) is 7.32. The fraction of sp³-hybridized carbons (Fsp3) is 0.667. The molecule has 0 atom stereocenters. The largest absolute Gasteiger partial charge is 0.482 e. The van der Waals surface area contributed by atoms with Gasteiger partial charge < -0.3 is 19.9 Å². The predicted octanol–water partition coefficient (Wildman–Crippen LogP) is 3.15. The molecule has 26 heavy (non-hydrogen) atoms. The Morgan fingerprint density at radius 1 is 1.00 bits per heavy atom. The van der Waals surface area contributed by atoms with Gasteiger partial charge in [-0.1, -0.05) is 25.8 Å². The fourth-order valence-electron chi connectivity index (χ4n) is 3.76. The third kappa shape index (κ3) is 5.71. The van der Waals surface area contributed by atoms with Crippen LogP contribution in [0.1, 0.15) is 44.6 Å². The molecule has 0 aromatic heterocycles. The second kappa shape index (κ2) is 9.93. The van der Waals surface area contributed by atoms with E-state index in [2.05, 4.69) is 34.2 Å². The zero-order chi connectivity index (χ0) is 18.2. The van der Waals surface area contributed by atoms with Gasteiger partial charge in [0.15, 0.2) is 6.61 Å². The molecule has 0 radical (unpaired) electrons. The number of nitrogens with zero attached hydrogens (tertiary/aromatic N) is 2. The average molecular weight is 360 g/mol. The molecule has 5 nitrogen and oxygen atoms in total. The van der Waals surface area contributed by atoms with Gasteiger partial charge in [-0.15, -0.1) is 0 Å². The molecule has 1 saturated heterocycles. The second-order valence-electron chi connectivity index (χ2n) is 7.51. The second-order valence-corrected chi connectivity index (χ2v) is 7.51. The summed E-state index contributed by atoms with van der Waals surface area (Å²) in [5, 5.41) is 2.84. The SMILES string of the molecule is CCCCCN1CCN(CCCCc2ccc3c(c2)OCC(=O)N3)CC1. The molecule has 0 aliphatic carbocycles. The Bertz CT molecular complexity index is 583. The molecule has 1 aromatic rings. The van der Waals surface area contributed by atoms with Crippen LogP contribution < -0.4 is 10.1 Å². The molecule has 1 fully saturated rings. The molecule has 2 aliphatic heterocycles. The number of anilines is 1.